The Balaban J connectivity index is 2.58. The molecule has 17 heavy (non-hydrogen) atoms. The van der Waals surface area contributed by atoms with E-state index in [0.717, 1.165) is 0 Å². The van der Waals surface area contributed by atoms with Crippen molar-refractivity contribution in [2.24, 2.45) is 5.92 Å². The van der Waals surface area contributed by atoms with Gasteiger partial charge in [0.15, 0.2) is 0 Å². The molecule has 1 aromatic carbocycles. The van der Waals surface area contributed by atoms with Crippen LogP contribution in [0, 0.1) is 5.92 Å². The molecule has 5 nitrogen and oxygen atoms in total. The van der Waals surface area contributed by atoms with Crippen molar-refractivity contribution in [2.45, 2.75) is 13.3 Å². The average Bonchev–Trinajstić information content (AvgIpc) is 2.26. The van der Waals surface area contributed by atoms with E-state index >= 15 is 0 Å². The van der Waals surface area contributed by atoms with Crippen LogP contribution >= 0.6 is 0 Å². The van der Waals surface area contributed by atoms with Gasteiger partial charge in [0.1, 0.15) is 0 Å². The Morgan fingerprint density at radius 3 is 2.76 bits per heavy atom. The maximum absolute atomic E-state index is 11.8. The van der Waals surface area contributed by atoms with Crippen LogP contribution in [0.3, 0.4) is 0 Å². The second kappa shape index (κ2) is 6.10. The second-order valence-corrected chi connectivity index (χ2v) is 4.17. The van der Waals surface area contributed by atoms with Crippen LogP contribution in [0.2, 0.25) is 0 Å². The highest BCUT2D eigenvalue weighted by Crippen LogP contribution is 2.15. The largest absolute Gasteiger partial charge is 0.399 e. The lowest BCUT2D eigenvalue weighted by molar-refractivity contribution is 0.0946. The molecular weight excluding hydrogens is 218 g/mol. The molecule has 0 aliphatic heterocycles. The molecule has 0 saturated carbocycles. The van der Waals surface area contributed by atoms with Crippen LogP contribution in [0.25, 0.3) is 0 Å². The van der Waals surface area contributed by atoms with Gasteiger partial charge in [0, 0.05) is 24.5 Å². The van der Waals surface area contributed by atoms with E-state index in [1.54, 1.807) is 18.2 Å². The number of anilines is 2. The first-order chi connectivity index (χ1) is 8.04. The third kappa shape index (κ3) is 3.96. The Hall–Kier alpha value is -1.75. The van der Waals surface area contributed by atoms with Gasteiger partial charge in [-0.25, -0.2) is 0 Å². The summed E-state index contributed by atoms with van der Waals surface area (Å²) in [7, 11) is 0. The molecule has 5 heteroatoms. The van der Waals surface area contributed by atoms with Crippen molar-refractivity contribution in [1.82, 2.24) is 5.32 Å². The van der Waals surface area contributed by atoms with E-state index in [9.17, 15) is 4.79 Å². The zero-order chi connectivity index (χ0) is 12.8. The number of aliphatic hydroxyl groups is 1. The van der Waals surface area contributed by atoms with Crippen molar-refractivity contribution in [3.05, 3.63) is 23.8 Å². The molecule has 0 aliphatic rings. The van der Waals surface area contributed by atoms with Crippen LogP contribution in [-0.2, 0) is 0 Å². The molecular formula is C12H19N3O2. The summed E-state index contributed by atoms with van der Waals surface area (Å²) < 4.78 is 0. The van der Waals surface area contributed by atoms with Crippen LogP contribution < -0.4 is 16.8 Å². The Morgan fingerprint density at radius 1 is 1.47 bits per heavy atom. The van der Waals surface area contributed by atoms with E-state index in [0.29, 0.717) is 29.9 Å². The highest BCUT2D eigenvalue weighted by Gasteiger charge is 2.10. The van der Waals surface area contributed by atoms with Crippen molar-refractivity contribution in [3.8, 4) is 0 Å². The molecule has 1 rings (SSSR count). The zero-order valence-electron chi connectivity index (χ0n) is 9.94. The zero-order valence-corrected chi connectivity index (χ0v) is 9.94. The Kier molecular flexibility index (Phi) is 4.78. The molecule has 1 aromatic rings. The van der Waals surface area contributed by atoms with E-state index in [2.05, 4.69) is 5.32 Å². The first kappa shape index (κ1) is 13.3. The first-order valence-electron chi connectivity index (χ1n) is 5.58. The standard InChI is InChI=1S/C12H19N3O2/c1-8(4-5-16)7-15-12(17)10-3-2-9(13)6-11(10)14/h2-3,6,8,16H,4-5,7,13-14H2,1H3,(H,15,17). The maximum atomic E-state index is 11.8. The van der Waals surface area contributed by atoms with Gasteiger partial charge >= 0.3 is 0 Å². The normalized spacial score (nSPS) is 12.1. The molecule has 0 fully saturated rings. The SMILES string of the molecule is CC(CCO)CNC(=O)c1ccc(N)cc1N. The minimum absolute atomic E-state index is 0.126. The van der Waals surface area contributed by atoms with Crippen LogP contribution in [0.1, 0.15) is 23.7 Å². The number of nitrogens with two attached hydrogens (primary N) is 2. The number of hydrogen-bond acceptors (Lipinski definition) is 4. The van der Waals surface area contributed by atoms with Gasteiger partial charge in [0.2, 0.25) is 0 Å². The number of benzene rings is 1. The van der Waals surface area contributed by atoms with E-state index < -0.39 is 0 Å². The summed E-state index contributed by atoms with van der Waals surface area (Å²) in [5.41, 5.74) is 12.6. The molecule has 0 aliphatic carbocycles. The molecule has 1 unspecified atom stereocenters. The topological polar surface area (TPSA) is 101 Å². The predicted octanol–water partition coefficient (Wildman–Crippen LogP) is 0.599. The van der Waals surface area contributed by atoms with Gasteiger partial charge in [-0.15, -0.1) is 0 Å². The van der Waals surface area contributed by atoms with Gasteiger partial charge in [0.25, 0.3) is 5.91 Å². The first-order valence-corrected chi connectivity index (χ1v) is 5.58. The van der Waals surface area contributed by atoms with Crippen LogP contribution in [-0.4, -0.2) is 24.2 Å². The van der Waals surface area contributed by atoms with E-state index in [-0.39, 0.29) is 18.4 Å². The fourth-order valence-corrected chi connectivity index (χ4v) is 1.47. The molecule has 0 radical (unpaired) electrons. The number of nitrogen functional groups attached to an aromatic ring is 2. The van der Waals surface area contributed by atoms with Gasteiger partial charge < -0.3 is 21.9 Å². The van der Waals surface area contributed by atoms with E-state index in [4.69, 9.17) is 16.6 Å². The highest BCUT2D eigenvalue weighted by atomic mass is 16.3. The lowest BCUT2D eigenvalue weighted by atomic mass is 10.1. The summed E-state index contributed by atoms with van der Waals surface area (Å²) in [6.45, 7) is 2.60. The predicted molar refractivity (Wildman–Crippen MR) is 68.5 cm³/mol. The number of carbonyl (C=O) groups is 1. The molecule has 0 aromatic heterocycles. The Bertz CT molecular complexity index is 393. The van der Waals surface area contributed by atoms with Gasteiger partial charge in [0.05, 0.1) is 5.56 Å². The summed E-state index contributed by atoms with van der Waals surface area (Å²) >= 11 is 0. The summed E-state index contributed by atoms with van der Waals surface area (Å²) in [6, 6.07) is 4.81. The quantitative estimate of drug-likeness (QED) is 0.563. The van der Waals surface area contributed by atoms with E-state index in [1.807, 2.05) is 6.92 Å². The molecule has 1 atom stereocenters. The van der Waals surface area contributed by atoms with Gasteiger partial charge in [-0.05, 0) is 30.5 Å². The molecule has 0 bridgehead atoms. The Labute approximate surface area is 101 Å². The van der Waals surface area contributed by atoms with Crippen molar-refractivity contribution >= 4 is 17.3 Å². The minimum Gasteiger partial charge on any atom is -0.399 e. The lowest BCUT2D eigenvalue weighted by Gasteiger charge is -2.12. The van der Waals surface area contributed by atoms with Crippen molar-refractivity contribution < 1.29 is 9.90 Å². The smallest absolute Gasteiger partial charge is 0.253 e. The van der Waals surface area contributed by atoms with Gasteiger partial charge in [-0.1, -0.05) is 6.92 Å². The van der Waals surface area contributed by atoms with Crippen LogP contribution in [0.5, 0.6) is 0 Å². The molecule has 0 heterocycles. The summed E-state index contributed by atoms with van der Waals surface area (Å²) in [5, 5.41) is 11.5. The molecule has 1 amide bonds. The van der Waals surface area contributed by atoms with Crippen molar-refractivity contribution in [2.75, 3.05) is 24.6 Å². The Morgan fingerprint density at radius 2 is 2.18 bits per heavy atom. The number of hydrogen-bond donors (Lipinski definition) is 4. The van der Waals surface area contributed by atoms with Gasteiger partial charge in [-0.2, -0.15) is 0 Å². The number of aliphatic hydroxyl groups excluding tert-OH is 1. The summed E-state index contributed by atoms with van der Waals surface area (Å²) in [5.74, 6) is 0.0197. The van der Waals surface area contributed by atoms with Crippen LogP contribution in [0.15, 0.2) is 18.2 Å². The third-order valence-corrected chi connectivity index (χ3v) is 2.55. The second-order valence-electron chi connectivity index (χ2n) is 4.17. The van der Waals surface area contributed by atoms with Crippen LogP contribution in [0.4, 0.5) is 11.4 Å². The third-order valence-electron chi connectivity index (χ3n) is 2.55. The maximum Gasteiger partial charge on any atom is 0.253 e. The summed E-state index contributed by atoms with van der Waals surface area (Å²) in [4.78, 5) is 11.8. The molecule has 0 saturated heterocycles. The average molecular weight is 237 g/mol. The number of rotatable bonds is 5. The van der Waals surface area contributed by atoms with Gasteiger partial charge in [-0.3, -0.25) is 4.79 Å². The molecule has 0 spiro atoms. The number of nitrogens with one attached hydrogen (secondary N) is 1. The number of amides is 1. The number of carbonyl (C=O) groups excluding carboxylic acids is 1. The fourth-order valence-electron chi connectivity index (χ4n) is 1.47. The van der Waals surface area contributed by atoms with Crippen molar-refractivity contribution in [1.29, 1.82) is 0 Å². The highest BCUT2D eigenvalue weighted by molar-refractivity contribution is 5.99. The monoisotopic (exact) mass is 237 g/mol. The molecule has 6 N–H and O–H groups in total. The minimum atomic E-state index is -0.215. The fraction of sp³-hybridized carbons (Fsp3) is 0.417. The van der Waals surface area contributed by atoms with E-state index in [1.165, 1.54) is 0 Å². The summed E-state index contributed by atoms with van der Waals surface area (Å²) in [6.07, 6.45) is 0.664. The van der Waals surface area contributed by atoms with Crippen molar-refractivity contribution in [3.63, 3.8) is 0 Å². The molecule has 94 valence electrons. The lowest BCUT2D eigenvalue weighted by Crippen LogP contribution is -2.29.